The molecule has 100 valence electrons. The van der Waals surface area contributed by atoms with Crippen molar-refractivity contribution in [3.05, 3.63) is 53.1 Å². The normalized spacial score (nSPS) is 19.2. The summed E-state index contributed by atoms with van der Waals surface area (Å²) in [6, 6.07) is 8.93. The fourth-order valence-corrected chi connectivity index (χ4v) is 2.54. The number of imidazole rings is 1. The van der Waals surface area contributed by atoms with Gasteiger partial charge < -0.3 is 10.3 Å². The summed E-state index contributed by atoms with van der Waals surface area (Å²) in [5, 5.41) is 3.56. The Balaban J connectivity index is 1.83. The minimum Gasteiger partial charge on any atom is -0.344 e. The molecule has 1 aliphatic rings. The number of hydrogen-bond donors (Lipinski definition) is 2. The van der Waals surface area contributed by atoms with Crippen LogP contribution in [-0.2, 0) is 18.4 Å². The molecule has 0 bridgehead atoms. The molecule has 0 fully saturated rings. The van der Waals surface area contributed by atoms with Crippen LogP contribution in [0.25, 0.3) is 0 Å². The Labute approximate surface area is 114 Å². The number of nitrogens with zero attached hydrogens (tertiary/aromatic N) is 1. The van der Waals surface area contributed by atoms with Crippen LogP contribution in [0.5, 0.6) is 0 Å². The molecule has 2 heterocycles. The first-order valence-corrected chi connectivity index (χ1v) is 6.89. The van der Waals surface area contributed by atoms with Gasteiger partial charge in [0.05, 0.1) is 6.04 Å². The van der Waals surface area contributed by atoms with Gasteiger partial charge >= 0.3 is 0 Å². The highest BCUT2D eigenvalue weighted by molar-refractivity contribution is 5.31. The maximum atomic E-state index is 4.56. The molecule has 0 spiro atoms. The van der Waals surface area contributed by atoms with E-state index in [0.29, 0.717) is 6.04 Å². The summed E-state index contributed by atoms with van der Waals surface area (Å²) in [5.74, 6) is 1.06. The van der Waals surface area contributed by atoms with Gasteiger partial charge in [0.2, 0.25) is 0 Å². The summed E-state index contributed by atoms with van der Waals surface area (Å²) < 4.78 is 0. The lowest BCUT2D eigenvalue weighted by Gasteiger charge is -2.25. The second-order valence-electron chi connectivity index (χ2n) is 6.34. The molecule has 3 nitrogen and oxygen atoms in total. The molecule has 1 atom stereocenters. The highest BCUT2D eigenvalue weighted by Gasteiger charge is 2.23. The molecule has 1 aromatic carbocycles. The Kier molecular flexibility index (Phi) is 2.94. The Morgan fingerprint density at radius 3 is 2.58 bits per heavy atom. The molecule has 0 aliphatic carbocycles. The number of aromatic nitrogens is 2. The Bertz CT molecular complexity index is 578. The number of fused-ring (bicyclic) bond motifs is 1. The van der Waals surface area contributed by atoms with Gasteiger partial charge in [0, 0.05) is 23.9 Å². The number of benzene rings is 1. The second kappa shape index (κ2) is 4.49. The molecule has 0 radical (unpaired) electrons. The van der Waals surface area contributed by atoms with Gasteiger partial charge in [-0.2, -0.15) is 0 Å². The summed E-state index contributed by atoms with van der Waals surface area (Å²) in [5.41, 5.74) is 4.15. The lowest BCUT2D eigenvalue weighted by atomic mass is 9.93. The first-order chi connectivity index (χ1) is 9.04. The van der Waals surface area contributed by atoms with E-state index in [1.165, 1.54) is 16.8 Å². The van der Waals surface area contributed by atoms with Gasteiger partial charge in [-0.15, -0.1) is 0 Å². The van der Waals surface area contributed by atoms with Crippen molar-refractivity contribution in [2.24, 2.45) is 0 Å². The summed E-state index contributed by atoms with van der Waals surface area (Å²) in [7, 11) is 0. The number of hydrogen-bond acceptors (Lipinski definition) is 2. The van der Waals surface area contributed by atoms with Crippen LogP contribution in [-0.4, -0.2) is 9.97 Å². The van der Waals surface area contributed by atoms with Gasteiger partial charge in [-0.3, -0.25) is 0 Å². The van der Waals surface area contributed by atoms with Crippen LogP contribution >= 0.6 is 0 Å². The molecular weight excluding hydrogens is 234 g/mol. The van der Waals surface area contributed by atoms with E-state index < -0.39 is 0 Å². The molecule has 0 saturated heterocycles. The Hall–Kier alpha value is -1.61. The van der Waals surface area contributed by atoms with Crippen molar-refractivity contribution >= 4 is 0 Å². The van der Waals surface area contributed by atoms with Crippen LogP contribution in [0.1, 0.15) is 49.5 Å². The minimum absolute atomic E-state index is 0.123. The minimum atomic E-state index is 0.123. The SMILES string of the molecule is CC(C)(C)c1cnc(C2Cc3ccccc3CN2)[nH]1. The fourth-order valence-electron chi connectivity index (χ4n) is 2.54. The molecule has 2 N–H and O–H groups in total. The molecule has 0 saturated carbocycles. The monoisotopic (exact) mass is 255 g/mol. The maximum absolute atomic E-state index is 4.56. The molecule has 0 amide bonds. The van der Waals surface area contributed by atoms with Crippen LogP contribution < -0.4 is 5.32 Å². The predicted molar refractivity (Wildman–Crippen MR) is 77.0 cm³/mol. The van der Waals surface area contributed by atoms with Crippen molar-refractivity contribution in [2.75, 3.05) is 0 Å². The van der Waals surface area contributed by atoms with E-state index in [9.17, 15) is 0 Å². The second-order valence-corrected chi connectivity index (χ2v) is 6.34. The van der Waals surface area contributed by atoms with E-state index in [4.69, 9.17) is 0 Å². The third-order valence-electron chi connectivity index (χ3n) is 3.81. The van der Waals surface area contributed by atoms with Crippen LogP contribution in [0, 0.1) is 0 Å². The molecular formula is C16H21N3. The maximum Gasteiger partial charge on any atom is 0.123 e. The van der Waals surface area contributed by atoms with Gasteiger partial charge in [-0.05, 0) is 17.5 Å². The van der Waals surface area contributed by atoms with Crippen LogP contribution in [0.3, 0.4) is 0 Å². The molecule has 2 aromatic rings. The average Bonchev–Trinajstić information content (AvgIpc) is 2.87. The lowest BCUT2D eigenvalue weighted by molar-refractivity contribution is 0.476. The number of nitrogens with one attached hydrogen (secondary N) is 2. The molecule has 3 heteroatoms. The fraction of sp³-hybridized carbons (Fsp3) is 0.438. The Morgan fingerprint density at radius 2 is 1.89 bits per heavy atom. The highest BCUT2D eigenvalue weighted by Crippen LogP contribution is 2.26. The first kappa shape index (κ1) is 12.4. The zero-order chi connectivity index (χ0) is 13.5. The third-order valence-corrected chi connectivity index (χ3v) is 3.81. The van der Waals surface area contributed by atoms with Crippen molar-refractivity contribution in [2.45, 2.75) is 45.2 Å². The van der Waals surface area contributed by atoms with E-state index in [-0.39, 0.29) is 5.41 Å². The highest BCUT2D eigenvalue weighted by atomic mass is 15.0. The van der Waals surface area contributed by atoms with Crippen LogP contribution in [0.2, 0.25) is 0 Å². The summed E-state index contributed by atoms with van der Waals surface area (Å²) >= 11 is 0. The van der Waals surface area contributed by atoms with E-state index in [0.717, 1.165) is 18.8 Å². The summed E-state index contributed by atoms with van der Waals surface area (Å²) in [6.07, 6.45) is 2.98. The van der Waals surface area contributed by atoms with Gasteiger partial charge in [-0.1, -0.05) is 45.0 Å². The lowest BCUT2D eigenvalue weighted by Crippen LogP contribution is -2.29. The van der Waals surface area contributed by atoms with Crippen molar-refractivity contribution < 1.29 is 0 Å². The van der Waals surface area contributed by atoms with Crippen molar-refractivity contribution in [1.82, 2.24) is 15.3 Å². The van der Waals surface area contributed by atoms with Crippen molar-refractivity contribution in [3.63, 3.8) is 0 Å². The predicted octanol–water partition coefficient (Wildman–Crippen LogP) is 3.09. The topological polar surface area (TPSA) is 40.7 Å². The molecule has 1 unspecified atom stereocenters. The van der Waals surface area contributed by atoms with Crippen LogP contribution in [0.15, 0.2) is 30.5 Å². The zero-order valence-corrected chi connectivity index (χ0v) is 11.8. The van der Waals surface area contributed by atoms with Crippen molar-refractivity contribution in [1.29, 1.82) is 0 Å². The first-order valence-electron chi connectivity index (χ1n) is 6.89. The molecule has 1 aliphatic heterocycles. The zero-order valence-electron chi connectivity index (χ0n) is 11.8. The largest absolute Gasteiger partial charge is 0.344 e. The van der Waals surface area contributed by atoms with Gasteiger partial charge in [0.15, 0.2) is 0 Å². The van der Waals surface area contributed by atoms with Gasteiger partial charge in [0.1, 0.15) is 5.82 Å². The molecule has 1 aromatic heterocycles. The van der Waals surface area contributed by atoms with Gasteiger partial charge in [-0.25, -0.2) is 4.98 Å². The number of H-pyrrole nitrogens is 1. The smallest absolute Gasteiger partial charge is 0.123 e. The quantitative estimate of drug-likeness (QED) is 0.822. The molecule has 19 heavy (non-hydrogen) atoms. The average molecular weight is 255 g/mol. The number of rotatable bonds is 1. The number of aromatic amines is 1. The van der Waals surface area contributed by atoms with E-state index in [2.05, 4.69) is 60.3 Å². The van der Waals surface area contributed by atoms with E-state index in [1.807, 2.05) is 6.20 Å². The Morgan fingerprint density at radius 1 is 1.16 bits per heavy atom. The van der Waals surface area contributed by atoms with E-state index in [1.54, 1.807) is 0 Å². The van der Waals surface area contributed by atoms with Crippen molar-refractivity contribution in [3.8, 4) is 0 Å². The molecule has 3 rings (SSSR count). The van der Waals surface area contributed by atoms with Gasteiger partial charge in [0.25, 0.3) is 0 Å². The summed E-state index contributed by atoms with van der Waals surface area (Å²) in [4.78, 5) is 8.04. The summed E-state index contributed by atoms with van der Waals surface area (Å²) in [6.45, 7) is 7.53. The van der Waals surface area contributed by atoms with Crippen LogP contribution in [0.4, 0.5) is 0 Å². The third kappa shape index (κ3) is 2.43. The standard InChI is InChI=1S/C16H21N3/c1-16(2,3)14-10-18-15(19-14)13-8-11-6-4-5-7-12(11)9-17-13/h4-7,10,13,17H,8-9H2,1-3H3,(H,18,19). The van der Waals surface area contributed by atoms with E-state index >= 15 is 0 Å².